The first-order chi connectivity index (χ1) is 13.0. The van der Waals surface area contributed by atoms with Crippen molar-refractivity contribution in [3.05, 3.63) is 39.3 Å². The fourth-order valence-electron chi connectivity index (χ4n) is 3.23. The molecule has 1 aromatic carbocycles. The van der Waals surface area contributed by atoms with Gasteiger partial charge in [0.15, 0.2) is 0 Å². The highest BCUT2D eigenvalue weighted by Crippen LogP contribution is 2.26. The van der Waals surface area contributed by atoms with E-state index in [1.165, 1.54) is 0 Å². The van der Waals surface area contributed by atoms with Crippen LogP contribution < -0.4 is 11.3 Å². The van der Waals surface area contributed by atoms with Crippen LogP contribution in [0.3, 0.4) is 0 Å². The van der Waals surface area contributed by atoms with Crippen molar-refractivity contribution < 1.29 is 4.74 Å². The van der Waals surface area contributed by atoms with E-state index in [0.29, 0.717) is 48.0 Å². The quantitative estimate of drug-likeness (QED) is 0.547. The van der Waals surface area contributed by atoms with Crippen LogP contribution in [0.25, 0.3) is 21.8 Å². The van der Waals surface area contributed by atoms with E-state index >= 15 is 0 Å². The second-order valence-electron chi connectivity index (χ2n) is 7.23. The van der Waals surface area contributed by atoms with Crippen LogP contribution in [0.2, 0.25) is 5.02 Å². The number of aromatic nitrogens is 3. The molecule has 0 saturated heterocycles. The van der Waals surface area contributed by atoms with Crippen LogP contribution in [0.15, 0.2) is 23.0 Å². The molecule has 0 aliphatic carbocycles. The summed E-state index contributed by atoms with van der Waals surface area (Å²) in [7, 11) is 0. The minimum atomic E-state index is -0.0424. The summed E-state index contributed by atoms with van der Waals surface area (Å²) < 4.78 is 7.49. The van der Waals surface area contributed by atoms with Crippen LogP contribution in [-0.4, -0.2) is 34.5 Å². The molecule has 0 radical (unpaired) electrons. The Balaban J connectivity index is 1.98. The zero-order chi connectivity index (χ0) is 19.4. The number of aromatic amines is 1. The molecule has 0 aliphatic rings. The number of aryl methyl sites for hydroxylation is 1. The number of halogens is 1. The molecule has 0 fully saturated rings. The Labute approximate surface area is 163 Å². The summed E-state index contributed by atoms with van der Waals surface area (Å²) in [4.78, 5) is 13.2. The third-order valence-corrected chi connectivity index (χ3v) is 4.96. The maximum Gasteiger partial charge on any atom is 0.262 e. The predicted molar refractivity (Wildman–Crippen MR) is 111 cm³/mol. The van der Waals surface area contributed by atoms with Gasteiger partial charge < -0.3 is 15.0 Å². The standard InChI is InChI=1S/C20H27ClN4O2/c1-13(2)6-10-27-11-7-16-18-19(24-23-16)15-12-14(21)4-5-17(15)25(20(18)26)9-3-8-22/h4-5,12-13H,3,6-11,22H2,1-2H3,(H,23,24). The van der Waals surface area contributed by atoms with Crippen molar-refractivity contribution in [2.45, 2.75) is 39.7 Å². The lowest BCUT2D eigenvalue weighted by Gasteiger charge is -2.11. The van der Waals surface area contributed by atoms with Crippen molar-refractivity contribution in [3.8, 4) is 0 Å². The lowest BCUT2D eigenvalue weighted by Crippen LogP contribution is -2.23. The maximum atomic E-state index is 13.2. The Kier molecular flexibility index (Phi) is 6.52. The van der Waals surface area contributed by atoms with Gasteiger partial charge in [0.1, 0.15) is 5.52 Å². The summed E-state index contributed by atoms with van der Waals surface area (Å²) >= 11 is 6.20. The number of hydrogen-bond donors (Lipinski definition) is 2. The molecule has 3 N–H and O–H groups in total. The van der Waals surface area contributed by atoms with Crippen molar-refractivity contribution in [2.24, 2.45) is 11.7 Å². The van der Waals surface area contributed by atoms with E-state index in [-0.39, 0.29) is 5.56 Å². The Morgan fingerprint density at radius 1 is 1.33 bits per heavy atom. The van der Waals surface area contributed by atoms with E-state index < -0.39 is 0 Å². The molecule has 0 atom stereocenters. The van der Waals surface area contributed by atoms with Gasteiger partial charge in [-0.3, -0.25) is 9.89 Å². The van der Waals surface area contributed by atoms with Crippen molar-refractivity contribution in [2.75, 3.05) is 19.8 Å². The third-order valence-electron chi connectivity index (χ3n) is 4.73. The van der Waals surface area contributed by atoms with Crippen LogP contribution in [0.4, 0.5) is 0 Å². The molecular formula is C20H27ClN4O2. The van der Waals surface area contributed by atoms with E-state index in [1.807, 2.05) is 12.1 Å². The highest BCUT2D eigenvalue weighted by molar-refractivity contribution is 6.31. The van der Waals surface area contributed by atoms with Crippen LogP contribution in [0.1, 0.15) is 32.4 Å². The number of rotatable bonds is 9. The summed E-state index contributed by atoms with van der Waals surface area (Å²) in [6, 6.07) is 5.53. The molecule has 3 aromatic rings. The Morgan fingerprint density at radius 3 is 2.89 bits per heavy atom. The third kappa shape index (κ3) is 4.34. The molecule has 146 valence electrons. The average molecular weight is 391 g/mol. The van der Waals surface area contributed by atoms with Crippen molar-refractivity contribution in [3.63, 3.8) is 0 Å². The molecule has 0 amide bonds. The molecular weight excluding hydrogens is 364 g/mol. The highest BCUT2D eigenvalue weighted by atomic mass is 35.5. The number of H-pyrrole nitrogens is 1. The monoisotopic (exact) mass is 390 g/mol. The first-order valence-corrected chi connectivity index (χ1v) is 9.87. The zero-order valence-corrected chi connectivity index (χ0v) is 16.7. The molecule has 27 heavy (non-hydrogen) atoms. The van der Waals surface area contributed by atoms with Gasteiger partial charge in [0.25, 0.3) is 5.56 Å². The molecule has 0 saturated carbocycles. The second-order valence-corrected chi connectivity index (χ2v) is 7.67. The average Bonchev–Trinajstić information content (AvgIpc) is 3.06. The van der Waals surface area contributed by atoms with Gasteiger partial charge in [-0.05, 0) is 43.5 Å². The van der Waals surface area contributed by atoms with Crippen LogP contribution >= 0.6 is 11.6 Å². The molecule has 0 bridgehead atoms. The Hall–Kier alpha value is -1.89. The van der Waals surface area contributed by atoms with E-state index in [9.17, 15) is 4.79 Å². The highest BCUT2D eigenvalue weighted by Gasteiger charge is 2.17. The van der Waals surface area contributed by atoms with Gasteiger partial charge in [0.05, 0.1) is 23.2 Å². The van der Waals surface area contributed by atoms with Crippen LogP contribution in [0.5, 0.6) is 0 Å². The lowest BCUT2D eigenvalue weighted by molar-refractivity contribution is 0.126. The number of nitrogens with zero attached hydrogens (tertiary/aromatic N) is 2. The zero-order valence-electron chi connectivity index (χ0n) is 15.9. The van der Waals surface area contributed by atoms with E-state index in [2.05, 4.69) is 24.0 Å². The van der Waals surface area contributed by atoms with Gasteiger partial charge in [-0.1, -0.05) is 25.4 Å². The fraction of sp³-hybridized carbons (Fsp3) is 0.500. The molecule has 7 heteroatoms. The van der Waals surface area contributed by atoms with Gasteiger partial charge in [-0.25, -0.2) is 0 Å². The minimum absolute atomic E-state index is 0.0424. The molecule has 2 heterocycles. The predicted octanol–water partition coefficient (Wildman–Crippen LogP) is 3.49. The van der Waals surface area contributed by atoms with Crippen molar-refractivity contribution in [1.82, 2.24) is 14.8 Å². The summed E-state index contributed by atoms with van der Waals surface area (Å²) in [5, 5.41) is 9.57. The summed E-state index contributed by atoms with van der Waals surface area (Å²) in [5.74, 6) is 0.615. The Morgan fingerprint density at radius 2 is 2.15 bits per heavy atom. The van der Waals surface area contributed by atoms with Crippen molar-refractivity contribution >= 4 is 33.4 Å². The van der Waals surface area contributed by atoms with Crippen LogP contribution in [-0.2, 0) is 17.7 Å². The number of pyridine rings is 1. The van der Waals surface area contributed by atoms with Crippen LogP contribution in [0, 0.1) is 5.92 Å². The van der Waals surface area contributed by atoms with Gasteiger partial charge in [0.2, 0.25) is 0 Å². The normalized spacial score (nSPS) is 11.9. The number of hydrogen-bond acceptors (Lipinski definition) is 4. The SMILES string of the molecule is CC(C)CCOCCc1[nH]nc2c1c(=O)n(CCCN)c1ccc(Cl)cc21. The van der Waals surface area contributed by atoms with E-state index in [1.54, 1.807) is 10.6 Å². The molecule has 0 aliphatic heterocycles. The summed E-state index contributed by atoms with van der Waals surface area (Å²) in [6.45, 7) is 6.72. The molecule has 6 nitrogen and oxygen atoms in total. The fourth-order valence-corrected chi connectivity index (χ4v) is 3.40. The number of nitrogens with one attached hydrogen (secondary N) is 1. The summed E-state index contributed by atoms with van der Waals surface area (Å²) in [5.41, 5.74) is 7.92. The largest absolute Gasteiger partial charge is 0.381 e. The van der Waals surface area contributed by atoms with Gasteiger partial charge >= 0.3 is 0 Å². The minimum Gasteiger partial charge on any atom is -0.381 e. The number of benzene rings is 1. The first kappa shape index (κ1) is 19.9. The Bertz CT molecular complexity index is 977. The molecule has 0 spiro atoms. The number of fused-ring (bicyclic) bond motifs is 3. The number of nitrogens with two attached hydrogens (primary N) is 1. The van der Waals surface area contributed by atoms with Gasteiger partial charge in [-0.2, -0.15) is 5.10 Å². The van der Waals surface area contributed by atoms with Gasteiger partial charge in [-0.15, -0.1) is 0 Å². The first-order valence-electron chi connectivity index (χ1n) is 9.49. The maximum absolute atomic E-state index is 13.2. The number of ether oxygens (including phenoxy) is 1. The molecule has 3 rings (SSSR count). The lowest BCUT2D eigenvalue weighted by atomic mass is 10.1. The topological polar surface area (TPSA) is 85.9 Å². The molecule has 0 unspecified atom stereocenters. The smallest absolute Gasteiger partial charge is 0.262 e. The van der Waals surface area contributed by atoms with Crippen molar-refractivity contribution in [1.29, 1.82) is 0 Å². The van der Waals surface area contributed by atoms with E-state index in [0.717, 1.165) is 36.0 Å². The molecule has 2 aromatic heterocycles. The summed E-state index contributed by atoms with van der Waals surface area (Å²) in [6.07, 6.45) is 2.38. The van der Waals surface area contributed by atoms with E-state index in [4.69, 9.17) is 22.1 Å². The second kappa shape index (κ2) is 8.87. The van der Waals surface area contributed by atoms with Gasteiger partial charge in [0, 0.05) is 30.0 Å².